The van der Waals surface area contributed by atoms with Crippen LogP contribution in [0.2, 0.25) is 0 Å². The van der Waals surface area contributed by atoms with E-state index in [1.807, 2.05) is 0 Å². The normalized spacial score (nSPS) is 19.6. The smallest absolute Gasteiger partial charge is 0.120 e. The predicted molar refractivity (Wildman–Crippen MR) is 100 cm³/mol. The number of benzene rings is 1. The molecule has 0 N–H and O–H groups in total. The van der Waals surface area contributed by atoms with Crippen molar-refractivity contribution >= 4 is 0 Å². The summed E-state index contributed by atoms with van der Waals surface area (Å²) in [4.78, 5) is 0. The van der Waals surface area contributed by atoms with Crippen LogP contribution in [-0.4, -0.2) is 5.60 Å². The first-order valence-corrected chi connectivity index (χ1v) is 9.28. The first-order valence-electron chi connectivity index (χ1n) is 9.28. The molecule has 0 radical (unpaired) electrons. The minimum absolute atomic E-state index is 0.0519. The van der Waals surface area contributed by atoms with E-state index in [1.54, 1.807) is 0 Å². The minimum Gasteiger partial charge on any atom is -0.488 e. The number of ether oxygens (including phenoxy) is 1. The summed E-state index contributed by atoms with van der Waals surface area (Å²) in [5.41, 5.74) is 2.10. The standard InChI is InChI=1S/C22H36O/c1-20(2,3)16-19(21(4,5)6)17-10-12-18(13-11-17)23-22(7)14-8-9-15-22/h10-13,19H,8-9,14-16H2,1-7H3. The Labute approximate surface area is 143 Å². The first-order chi connectivity index (χ1) is 10.5. The molecule has 1 fully saturated rings. The van der Waals surface area contributed by atoms with Crippen molar-refractivity contribution in [2.75, 3.05) is 0 Å². The van der Waals surface area contributed by atoms with Crippen molar-refractivity contribution in [1.29, 1.82) is 0 Å². The van der Waals surface area contributed by atoms with E-state index in [0.717, 1.165) is 5.75 Å². The third-order valence-corrected chi connectivity index (χ3v) is 5.17. The Morgan fingerprint density at radius 1 is 0.957 bits per heavy atom. The fraction of sp³-hybridized carbons (Fsp3) is 0.727. The minimum atomic E-state index is 0.0519. The van der Waals surface area contributed by atoms with Gasteiger partial charge in [0.1, 0.15) is 11.4 Å². The molecule has 1 aromatic rings. The van der Waals surface area contributed by atoms with E-state index in [0.29, 0.717) is 11.3 Å². The Balaban J connectivity index is 2.15. The summed E-state index contributed by atoms with van der Waals surface area (Å²) in [6, 6.07) is 8.94. The van der Waals surface area contributed by atoms with Gasteiger partial charge in [0.15, 0.2) is 0 Å². The molecule has 0 aromatic heterocycles. The molecule has 1 unspecified atom stereocenters. The van der Waals surface area contributed by atoms with Crippen LogP contribution in [0.4, 0.5) is 0 Å². The van der Waals surface area contributed by atoms with Gasteiger partial charge in [-0.05, 0) is 73.5 Å². The largest absolute Gasteiger partial charge is 0.488 e. The highest BCUT2D eigenvalue weighted by Crippen LogP contribution is 2.43. The van der Waals surface area contributed by atoms with Gasteiger partial charge in [-0.2, -0.15) is 0 Å². The van der Waals surface area contributed by atoms with Gasteiger partial charge in [-0.1, -0.05) is 53.7 Å². The van der Waals surface area contributed by atoms with Gasteiger partial charge < -0.3 is 4.74 Å². The molecule has 1 aliphatic carbocycles. The third-order valence-electron chi connectivity index (χ3n) is 5.17. The maximum Gasteiger partial charge on any atom is 0.120 e. The summed E-state index contributed by atoms with van der Waals surface area (Å²) in [6.07, 6.45) is 6.17. The lowest BCUT2D eigenvalue weighted by Crippen LogP contribution is -2.28. The summed E-state index contributed by atoms with van der Waals surface area (Å²) < 4.78 is 6.28. The Hall–Kier alpha value is -0.980. The van der Waals surface area contributed by atoms with E-state index in [1.165, 1.54) is 37.7 Å². The predicted octanol–water partition coefficient (Wildman–Crippen LogP) is 6.96. The van der Waals surface area contributed by atoms with Gasteiger partial charge in [0, 0.05) is 0 Å². The number of rotatable bonds is 4. The van der Waals surface area contributed by atoms with Gasteiger partial charge in [0.2, 0.25) is 0 Å². The van der Waals surface area contributed by atoms with Crippen LogP contribution in [-0.2, 0) is 0 Å². The molecule has 1 aromatic carbocycles. The lowest BCUT2D eigenvalue weighted by Gasteiger charge is -2.36. The zero-order valence-corrected chi connectivity index (χ0v) is 16.3. The Morgan fingerprint density at radius 3 is 1.91 bits per heavy atom. The average molecular weight is 317 g/mol. The molecule has 1 atom stereocenters. The maximum absolute atomic E-state index is 6.28. The molecular formula is C22H36O. The van der Waals surface area contributed by atoms with E-state index in [-0.39, 0.29) is 11.0 Å². The molecule has 1 heteroatoms. The second-order valence-electron chi connectivity index (χ2n) is 10.0. The summed E-state index contributed by atoms with van der Waals surface area (Å²) in [7, 11) is 0. The quantitative estimate of drug-likeness (QED) is 0.583. The molecule has 1 nitrogen and oxygen atoms in total. The van der Waals surface area contributed by atoms with Crippen molar-refractivity contribution in [2.45, 2.75) is 92.1 Å². The van der Waals surface area contributed by atoms with Crippen LogP contribution in [0.15, 0.2) is 24.3 Å². The molecule has 0 aliphatic heterocycles. The SMILES string of the molecule is CC(C)(C)CC(c1ccc(OC2(C)CCCC2)cc1)C(C)(C)C. The van der Waals surface area contributed by atoms with Crippen molar-refractivity contribution in [1.82, 2.24) is 0 Å². The van der Waals surface area contributed by atoms with E-state index in [9.17, 15) is 0 Å². The Morgan fingerprint density at radius 2 is 1.48 bits per heavy atom. The third kappa shape index (κ3) is 5.26. The van der Waals surface area contributed by atoms with Crippen molar-refractivity contribution in [3.63, 3.8) is 0 Å². The van der Waals surface area contributed by atoms with E-state index in [4.69, 9.17) is 4.74 Å². The van der Waals surface area contributed by atoms with E-state index in [2.05, 4.69) is 72.7 Å². The molecule has 2 rings (SSSR count). The lowest BCUT2D eigenvalue weighted by atomic mass is 9.69. The van der Waals surface area contributed by atoms with Crippen LogP contribution in [0, 0.1) is 10.8 Å². The van der Waals surface area contributed by atoms with E-state index < -0.39 is 0 Å². The monoisotopic (exact) mass is 316 g/mol. The molecule has 23 heavy (non-hydrogen) atoms. The summed E-state index contributed by atoms with van der Waals surface area (Å²) >= 11 is 0. The van der Waals surface area contributed by atoms with Crippen LogP contribution in [0.1, 0.15) is 92.1 Å². The highest BCUT2D eigenvalue weighted by molar-refractivity contribution is 5.31. The highest BCUT2D eigenvalue weighted by atomic mass is 16.5. The van der Waals surface area contributed by atoms with Crippen LogP contribution in [0.25, 0.3) is 0 Å². The zero-order chi connectivity index (χ0) is 17.3. The lowest BCUT2D eigenvalue weighted by molar-refractivity contribution is 0.0967. The van der Waals surface area contributed by atoms with Crippen molar-refractivity contribution in [2.24, 2.45) is 10.8 Å². The van der Waals surface area contributed by atoms with Gasteiger partial charge in [0.05, 0.1) is 0 Å². The second-order valence-corrected chi connectivity index (χ2v) is 10.0. The Bertz CT molecular complexity index is 492. The Kier molecular flexibility index (Phi) is 5.18. The number of hydrogen-bond donors (Lipinski definition) is 0. The summed E-state index contributed by atoms with van der Waals surface area (Å²) in [6.45, 7) is 16.3. The summed E-state index contributed by atoms with van der Waals surface area (Å²) in [5, 5.41) is 0. The van der Waals surface area contributed by atoms with Crippen LogP contribution in [0.5, 0.6) is 5.75 Å². The van der Waals surface area contributed by atoms with Crippen LogP contribution >= 0.6 is 0 Å². The fourth-order valence-electron chi connectivity index (χ4n) is 3.81. The summed E-state index contributed by atoms with van der Waals surface area (Å²) in [5.74, 6) is 1.60. The average Bonchev–Trinajstić information content (AvgIpc) is 2.81. The van der Waals surface area contributed by atoms with Gasteiger partial charge in [0.25, 0.3) is 0 Å². The molecule has 1 saturated carbocycles. The fourth-order valence-corrected chi connectivity index (χ4v) is 3.81. The van der Waals surface area contributed by atoms with Crippen molar-refractivity contribution < 1.29 is 4.74 Å². The topological polar surface area (TPSA) is 9.23 Å². The molecule has 0 amide bonds. The molecule has 130 valence electrons. The van der Waals surface area contributed by atoms with Gasteiger partial charge >= 0.3 is 0 Å². The molecule has 0 spiro atoms. The highest BCUT2D eigenvalue weighted by Gasteiger charge is 2.32. The molecule has 0 heterocycles. The van der Waals surface area contributed by atoms with Crippen LogP contribution in [0.3, 0.4) is 0 Å². The van der Waals surface area contributed by atoms with Gasteiger partial charge in [-0.3, -0.25) is 0 Å². The van der Waals surface area contributed by atoms with Crippen molar-refractivity contribution in [3.8, 4) is 5.75 Å². The number of hydrogen-bond acceptors (Lipinski definition) is 1. The van der Waals surface area contributed by atoms with Gasteiger partial charge in [-0.25, -0.2) is 0 Å². The molecule has 0 bridgehead atoms. The van der Waals surface area contributed by atoms with Gasteiger partial charge in [-0.15, -0.1) is 0 Å². The second kappa shape index (κ2) is 6.49. The zero-order valence-electron chi connectivity index (χ0n) is 16.3. The van der Waals surface area contributed by atoms with Crippen molar-refractivity contribution in [3.05, 3.63) is 29.8 Å². The van der Waals surface area contributed by atoms with Crippen LogP contribution < -0.4 is 4.74 Å². The molecule has 0 saturated heterocycles. The maximum atomic E-state index is 6.28. The molecular weight excluding hydrogens is 280 g/mol. The first kappa shape index (κ1) is 18.4. The van der Waals surface area contributed by atoms with E-state index >= 15 is 0 Å². The molecule has 1 aliphatic rings.